The fourth-order valence-corrected chi connectivity index (χ4v) is 5.19. The van der Waals surface area contributed by atoms with E-state index in [9.17, 15) is 14.7 Å². The van der Waals surface area contributed by atoms with Gasteiger partial charge in [0.2, 0.25) is 17.8 Å². The molecule has 186 valence electrons. The van der Waals surface area contributed by atoms with Gasteiger partial charge in [-0.15, -0.1) is 0 Å². The SMILES string of the molecule is O=C1CN2Cc3cc(OCCCC(=O)N(CCO)CCCCC4CCCCC4)ccc3N=C2N1. The monoisotopic (exact) mass is 470 g/mol. The van der Waals surface area contributed by atoms with Crippen LogP contribution in [0, 0.1) is 5.92 Å². The highest BCUT2D eigenvalue weighted by Gasteiger charge is 2.29. The number of guanidine groups is 1. The Balaban J connectivity index is 1.16. The second-order valence-corrected chi connectivity index (χ2v) is 9.69. The van der Waals surface area contributed by atoms with Crippen molar-refractivity contribution in [2.24, 2.45) is 10.9 Å². The first kappa shape index (κ1) is 24.5. The molecule has 0 radical (unpaired) electrons. The number of ether oxygens (including phenoxy) is 1. The zero-order valence-electron chi connectivity index (χ0n) is 20.1. The van der Waals surface area contributed by atoms with Gasteiger partial charge < -0.3 is 19.6 Å². The zero-order chi connectivity index (χ0) is 23.8. The third-order valence-electron chi connectivity index (χ3n) is 7.07. The van der Waals surface area contributed by atoms with E-state index in [2.05, 4.69) is 10.3 Å². The third-order valence-corrected chi connectivity index (χ3v) is 7.07. The number of carbonyl (C=O) groups excluding carboxylic acids is 2. The average molecular weight is 471 g/mol. The predicted molar refractivity (Wildman–Crippen MR) is 131 cm³/mol. The summed E-state index contributed by atoms with van der Waals surface area (Å²) in [6.07, 6.45) is 11.4. The topological polar surface area (TPSA) is 94.5 Å². The molecule has 8 nitrogen and oxygen atoms in total. The summed E-state index contributed by atoms with van der Waals surface area (Å²) >= 11 is 0. The van der Waals surface area contributed by atoms with E-state index in [-0.39, 0.29) is 18.4 Å². The molecule has 2 amide bonds. The normalized spacial score (nSPS) is 17.6. The van der Waals surface area contributed by atoms with Crippen LogP contribution in [-0.2, 0) is 16.1 Å². The third kappa shape index (κ3) is 6.72. The van der Waals surface area contributed by atoms with Crippen molar-refractivity contribution in [3.8, 4) is 5.75 Å². The minimum atomic E-state index is -0.0350. The number of fused-ring (bicyclic) bond motifs is 2. The summed E-state index contributed by atoms with van der Waals surface area (Å²) in [5.74, 6) is 2.30. The number of aliphatic hydroxyl groups excluding tert-OH is 1. The molecule has 2 N–H and O–H groups in total. The van der Waals surface area contributed by atoms with Crippen LogP contribution in [0.5, 0.6) is 5.75 Å². The largest absolute Gasteiger partial charge is 0.494 e. The molecule has 1 saturated carbocycles. The highest BCUT2D eigenvalue weighted by molar-refractivity contribution is 6.05. The first-order chi connectivity index (χ1) is 16.6. The highest BCUT2D eigenvalue weighted by atomic mass is 16.5. The van der Waals surface area contributed by atoms with E-state index >= 15 is 0 Å². The average Bonchev–Trinajstić information content (AvgIpc) is 3.21. The predicted octanol–water partition coefficient (Wildman–Crippen LogP) is 3.35. The van der Waals surface area contributed by atoms with Crippen LogP contribution in [0.3, 0.4) is 0 Å². The Labute approximate surface area is 202 Å². The van der Waals surface area contributed by atoms with Gasteiger partial charge in [0, 0.05) is 31.6 Å². The number of hydrogen-bond acceptors (Lipinski definition) is 6. The lowest BCUT2D eigenvalue weighted by Crippen LogP contribution is -2.34. The van der Waals surface area contributed by atoms with E-state index in [4.69, 9.17) is 4.74 Å². The minimum Gasteiger partial charge on any atom is -0.494 e. The number of rotatable bonds is 12. The van der Waals surface area contributed by atoms with Crippen molar-refractivity contribution in [3.05, 3.63) is 23.8 Å². The van der Waals surface area contributed by atoms with Crippen LogP contribution in [0.2, 0.25) is 0 Å². The van der Waals surface area contributed by atoms with Gasteiger partial charge in [-0.05, 0) is 37.0 Å². The molecule has 34 heavy (non-hydrogen) atoms. The van der Waals surface area contributed by atoms with Crippen molar-refractivity contribution in [1.82, 2.24) is 15.1 Å². The summed E-state index contributed by atoms with van der Waals surface area (Å²) in [5, 5.41) is 12.1. The molecule has 0 spiro atoms. The molecule has 2 aliphatic heterocycles. The van der Waals surface area contributed by atoms with Crippen molar-refractivity contribution in [2.45, 2.75) is 70.8 Å². The van der Waals surface area contributed by atoms with Gasteiger partial charge in [0.1, 0.15) is 12.3 Å². The molecule has 2 heterocycles. The summed E-state index contributed by atoms with van der Waals surface area (Å²) in [4.78, 5) is 32.5. The van der Waals surface area contributed by atoms with Gasteiger partial charge in [-0.25, -0.2) is 4.99 Å². The lowest BCUT2D eigenvalue weighted by Gasteiger charge is -2.24. The molecule has 1 aromatic rings. The van der Waals surface area contributed by atoms with E-state index in [1.165, 1.54) is 38.5 Å². The highest BCUT2D eigenvalue weighted by Crippen LogP contribution is 2.30. The molecule has 0 atom stereocenters. The van der Waals surface area contributed by atoms with Crippen LogP contribution in [0.1, 0.15) is 69.8 Å². The Kier molecular flexibility index (Phi) is 8.79. The van der Waals surface area contributed by atoms with Crippen LogP contribution >= 0.6 is 0 Å². The van der Waals surface area contributed by atoms with Crippen molar-refractivity contribution < 1.29 is 19.4 Å². The molecule has 4 rings (SSSR count). The van der Waals surface area contributed by atoms with Crippen LogP contribution in [0.15, 0.2) is 23.2 Å². The zero-order valence-corrected chi connectivity index (χ0v) is 20.1. The van der Waals surface area contributed by atoms with Gasteiger partial charge in [0.25, 0.3) is 0 Å². The van der Waals surface area contributed by atoms with E-state index in [1.807, 2.05) is 23.1 Å². The molecule has 0 bridgehead atoms. The number of hydrogen-bond donors (Lipinski definition) is 2. The Bertz CT molecular complexity index is 882. The number of unbranched alkanes of at least 4 members (excludes halogenated alkanes) is 1. The molecule has 3 aliphatic rings. The Morgan fingerprint density at radius 2 is 2.00 bits per heavy atom. The van der Waals surface area contributed by atoms with Gasteiger partial charge in [-0.3, -0.25) is 14.9 Å². The molecule has 1 aromatic carbocycles. The maximum atomic E-state index is 12.7. The van der Waals surface area contributed by atoms with E-state index in [1.54, 1.807) is 4.90 Å². The van der Waals surface area contributed by atoms with Gasteiger partial charge in [0.15, 0.2) is 0 Å². The Morgan fingerprint density at radius 3 is 2.82 bits per heavy atom. The summed E-state index contributed by atoms with van der Waals surface area (Å²) in [7, 11) is 0. The van der Waals surface area contributed by atoms with Gasteiger partial charge >= 0.3 is 0 Å². The van der Waals surface area contributed by atoms with Crippen LogP contribution in [-0.4, -0.2) is 65.5 Å². The van der Waals surface area contributed by atoms with Crippen molar-refractivity contribution in [3.63, 3.8) is 0 Å². The second-order valence-electron chi connectivity index (χ2n) is 9.69. The summed E-state index contributed by atoms with van der Waals surface area (Å²) in [5.41, 5.74) is 1.87. The van der Waals surface area contributed by atoms with Gasteiger partial charge in [-0.1, -0.05) is 44.9 Å². The Morgan fingerprint density at radius 1 is 1.15 bits per heavy atom. The molecular weight excluding hydrogens is 432 g/mol. The second kappa shape index (κ2) is 12.2. The number of nitrogens with zero attached hydrogens (tertiary/aromatic N) is 3. The van der Waals surface area contributed by atoms with Crippen LogP contribution < -0.4 is 10.1 Å². The van der Waals surface area contributed by atoms with Crippen molar-refractivity contribution >= 4 is 23.5 Å². The fourth-order valence-electron chi connectivity index (χ4n) is 5.19. The van der Waals surface area contributed by atoms with Crippen molar-refractivity contribution in [2.75, 3.05) is 32.8 Å². The maximum Gasteiger partial charge on any atom is 0.246 e. The van der Waals surface area contributed by atoms with E-state index in [0.29, 0.717) is 45.0 Å². The van der Waals surface area contributed by atoms with Crippen LogP contribution in [0.25, 0.3) is 0 Å². The van der Waals surface area contributed by atoms with Crippen LogP contribution in [0.4, 0.5) is 5.69 Å². The minimum absolute atomic E-state index is 0.00230. The fraction of sp³-hybridized carbons (Fsp3) is 0.654. The number of aliphatic hydroxyl groups is 1. The summed E-state index contributed by atoms with van der Waals surface area (Å²) in [6.45, 7) is 2.55. The Hall–Kier alpha value is -2.61. The lowest BCUT2D eigenvalue weighted by molar-refractivity contribution is -0.132. The van der Waals surface area contributed by atoms with Gasteiger partial charge in [0.05, 0.1) is 18.9 Å². The number of nitrogens with one attached hydrogen (secondary N) is 1. The maximum absolute atomic E-state index is 12.7. The van der Waals surface area contributed by atoms with E-state index in [0.717, 1.165) is 42.3 Å². The summed E-state index contributed by atoms with van der Waals surface area (Å²) < 4.78 is 5.89. The number of carbonyl (C=O) groups is 2. The smallest absolute Gasteiger partial charge is 0.246 e. The van der Waals surface area contributed by atoms with E-state index < -0.39 is 0 Å². The molecule has 8 heteroatoms. The lowest BCUT2D eigenvalue weighted by atomic mass is 9.86. The molecule has 0 aromatic heterocycles. The molecule has 2 fully saturated rings. The quantitative estimate of drug-likeness (QED) is 0.457. The standard InChI is InChI=1S/C26H38N4O4/c31-15-14-29(13-5-4-9-20-7-2-1-3-8-20)25(33)10-6-16-34-22-11-12-23-21(17-22)18-30-19-24(32)28-26(30)27-23/h11-12,17,20,31H,1-10,13-16,18-19H2,(H,27,28,32). The number of amides is 2. The molecule has 0 unspecified atom stereocenters. The van der Waals surface area contributed by atoms with Gasteiger partial charge in [-0.2, -0.15) is 0 Å². The molecule has 1 aliphatic carbocycles. The molecular formula is C26H38N4O4. The van der Waals surface area contributed by atoms with Crippen molar-refractivity contribution in [1.29, 1.82) is 0 Å². The summed E-state index contributed by atoms with van der Waals surface area (Å²) in [6, 6.07) is 5.74. The number of aliphatic imine (C=N–C) groups is 1. The molecule has 1 saturated heterocycles. The number of benzene rings is 1. The first-order valence-electron chi connectivity index (χ1n) is 12.9. The first-order valence-corrected chi connectivity index (χ1v) is 12.9.